The lowest BCUT2D eigenvalue weighted by molar-refractivity contribution is -0.115. The van der Waals surface area contributed by atoms with Gasteiger partial charge in [0.15, 0.2) is 5.78 Å². The summed E-state index contributed by atoms with van der Waals surface area (Å²) in [5.74, 6) is -0.230. The van der Waals surface area contributed by atoms with Crippen LogP contribution in [0.25, 0.3) is 0 Å². The van der Waals surface area contributed by atoms with Crippen molar-refractivity contribution in [3.05, 3.63) is 42.1 Å². The van der Waals surface area contributed by atoms with E-state index >= 15 is 0 Å². The van der Waals surface area contributed by atoms with Crippen molar-refractivity contribution in [2.24, 2.45) is 5.92 Å². The molecule has 16 heavy (non-hydrogen) atoms. The second kappa shape index (κ2) is 4.19. The van der Waals surface area contributed by atoms with Crippen molar-refractivity contribution in [1.29, 1.82) is 5.26 Å². The van der Waals surface area contributed by atoms with Gasteiger partial charge < -0.3 is 4.90 Å². The van der Waals surface area contributed by atoms with Crippen LogP contribution in [0.5, 0.6) is 0 Å². The van der Waals surface area contributed by atoms with Crippen molar-refractivity contribution < 1.29 is 4.79 Å². The van der Waals surface area contributed by atoms with Gasteiger partial charge in [-0.3, -0.25) is 4.79 Å². The molecule has 0 aliphatic heterocycles. The van der Waals surface area contributed by atoms with Crippen molar-refractivity contribution in [1.82, 2.24) is 0 Å². The number of allylic oxidation sites excluding steroid dienone is 2. The number of nitriles is 1. The lowest BCUT2D eigenvalue weighted by Gasteiger charge is -2.19. The second-order valence-corrected chi connectivity index (χ2v) is 3.81. The summed E-state index contributed by atoms with van der Waals surface area (Å²) in [7, 11) is 1.85. The number of ketones is 1. The molecule has 1 aliphatic carbocycles. The first kappa shape index (κ1) is 10.4. The third-order valence-corrected chi connectivity index (χ3v) is 2.72. The average molecular weight is 212 g/mol. The van der Waals surface area contributed by atoms with Gasteiger partial charge in [0.2, 0.25) is 0 Å². The van der Waals surface area contributed by atoms with Crippen LogP contribution in [-0.4, -0.2) is 12.8 Å². The monoisotopic (exact) mass is 212 g/mol. The van der Waals surface area contributed by atoms with Gasteiger partial charge >= 0.3 is 0 Å². The van der Waals surface area contributed by atoms with Gasteiger partial charge in [0.25, 0.3) is 0 Å². The summed E-state index contributed by atoms with van der Waals surface area (Å²) in [4.78, 5) is 13.5. The highest BCUT2D eigenvalue weighted by molar-refractivity contribution is 6.01. The topological polar surface area (TPSA) is 44.1 Å². The van der Waals surface area contributed by atoms with Crippen molar-refractivity contribution in [2.45, 2.75) is 6.42 Å². The summed E-state index contributed by atoms with van der Waals surface area (Å²) in [6.07, 6.45) is 2.05. The number of para-hydroxylation sites is 1. The van der Waals surface area contributed by atoms with E-state index in [-0.39, 0.29) is 11.7 Å². The van der Waals surface area contributed by atoms with Crippen molar-refractivity contribution in [2.75, 3.05) is 11.9 Å². The molecule has 0 N–H and O–H groups in total. The summed E-state index contributed by atoms with van der Waals surface area (Å²) in [6.45, 7) is 0. The Hall–Kier alpha value is -2.08. The number of likely N-dealkylation sites (N-methyl/N-ethyl adjacent to an activating group) is 1. The number of carbonyl (C=O) groups is 1. The molecule has 3 nitrogen and oxygen atoms in total. The Morgan fingerprint density at radius 3 is 2.62 bits per heavy atom. The lowest BCUT2D eigenvalue weighted by atomic mass is 10.1. The number of rotatable bonds is 2. The van der Waals surface area contributed by atoms with Crippen LogP contribution in [0.3, 0.4) is 0 Å². The van der Waals surface area contributed by atoms with Gasteiger partial charge in [0, 0.05) is 19.2 Å². The normalized spacial score (nSPS) is 19.1. The third-order valence-electron chi connectivity index (χ3n) is 2.72. The van der Waals surface area contributed by atoms with Crippen LogP contribution in [-0.2, 0) is 4.79 Å². The zero-order chi connectivity index (χ0) is 11.5. The molecular formula is C13H12N2O. The first-order valence-electron chi connectivity index (χ1n) is 5.16. The highest BCUT2D eigenvalue weighted by Gasteiger charge is 2.26. The molecule has 0 amide bonds. The molecule has 1 atom stereocenters. The summed E-state index contributed by atoms with van der Waals surface area (Å²) < 4.78 is 0. The molecule has 0 spiro atoms. The van der Waals surface area contributed by atoms with Crippen LogP contribution < -0.4 is 4.90 Å². The second-order valence-electron chi connectivity index (χ2n) is 3.81. The largest absolute Gasteiger partial charge is 0.342 e. The molecule has 1 unspecified atom stereocenters. The van der Waals surface area contributed by atoms with Gasteiger partial charge in [-0.05, 0) is 18.2 Å². The molecule has 0 saturated carbocycles. The van der Waals surface area contributed by atoms with Crippen LogP contribution >= 0.6 is 0 Å². The highest BCUT2D eigenvalue weighted by atomic mass is 16.1. The molecule has 80 valence electrons. The van der Waals surface area contributed by atoms with Crippen LogP contribution in [0.4, 0.5) is 5.69 Å². The molecule has 0 saturated heterocycles. The van der Waals surface area contributed by atoms with E-state index in [1.165, 1.54) is 0 Å². The van der Waals surface area contributed by atoms with Gasteiger partial charge in [-0.2, -0.15) is 5.26 Å². The molecule has 0 fully saturated rings. The molecule has 2 rings (SSSR count). The number of nitrogens with zero attached hydrogens (tertiary/aromatic N) is 2. The van der Waals surface area contributed by atoms with E-state index in [0.717, 1.165) is 5.69 Å². The summed E-state index contributed by atoms with van der Waals surface area (Å²) in [6, 6.07) is 11.8. The maximum Gasteiger partial charge on any atom is 0.180 e. The zero-order valence-corrected chi connectivity index (χ0v) is 9.05. The Labute approximate surface area is 94.6 Å². The first-order valence-corrected chi connectivity index (χ1v) is 5.16. The Balaban J connectivity index is 2.27. The molecule has 1 aromatic carbocycles. The van der Waals surface area contributed by atoms with Crippen LogP contribution in [0, 0.1) is 17.2 Å². The molecule has 0 heterocycles. The minimum Gasteiger partial charge on any atom is -0.342 e. The first-order chi connectivity index (χ1) is 7.72. The average Bonchev–Trinajstić information content (AvgIpc) is 2.71. The molecule has 0 aromatic heterocycles. The van der Waals surface area contributed by atoms with Crippen LogP contribution in [0.15, 0.2) is 42.1 Å². The van der Waals surface area contributed by atoms with Crippen molar-refractivity contribution in [3.63, 3.8) is 0 Å². The summed E-state index contributed by atoms with van der Waals surface area (Å²) in [5.41, 5.74) is 1.58. The number of hydrogen-bond acceptors (Lipinski definition) is 3. The van der Waals surface area contributed by atoms with E-state index in [1.807, 2.05) is 42.3 Å². The molecule has 0 radical (unpaired) electrons. The highest BCUT2D eigenvalue weighted by Crippen LogP contribution is 2.26. The summed E-state index contributed by atoms with van der Waals surface area (Å²) >= 11 is 0. The number of Topliss-reactive ketones (excluding diaryl/α,β-unsaturated/α-hetero) is 1. The number of carbonyl (C=O) groups excluding carboxylic acids is 1. The molecule has 1 aliphatic rings. The Morgan fingerprint density at radius 1 is 1.38 bits per heavy atom. The van der Waals surface area contributed by atoms with E-state index in [1.54, 1.807) is 6.08 Å². The Kier molecular flexibility index (Phi) is 2.74. The quantitative estimate of drug-likeness (QED) is 0.754. The van der Waals surface area contributed by atoms with E-state index < -0.39 is 0 Å². The minimum absolute atomic E-state index is 0.0397. The number of anilines is 1. The molecule has 1 aromatic rings. The van der Waals surface area contributed by atoms with Gasteiger partial charge in [0.05, 0.1) is 17.7 Å². The smallest absolute Gasteiger partial charge is 0.180 e. The van der Waals surface area contributed by atoms with Gasteiger partial charge in [-0.25, -0.2) is 0 Å². The molecule has 3 heteroatoms. The van der Waals surface area contributed by atoms with Crippen LogP contribution in [0.2, 0.25) is 0 Å². The zero-order valence-electron chi connectivity index (χ0n) is 9.05. The summed E-state index contributed by atoms with van der Waals surface area (Å²) in [5, 5.41) is 8.79. The lowest BCUT2D eigenvalue weighted by Crippen LogP contribution is -2.20. The number of hydrogen-bond donors (Lipinski definition) is 0. The van der Waals surface area contributed by atoms with E-state index in [4.69, 9.17) is 5.26 Å². The van der Waals surface area contributed by atoms with E-state index in [2.05, 4.69) is 6.07 Å². The van der Waals surface area contributed by atoms with Crippen molar-refractivity contribution >= 4 is 11.5 Å². The van der Waals surface area contributed by atoms with E-state index in [9.17, 15) is 4.79 Å². The number of benzene rings is 1. The van der Waals surface area contributed by atoms with E-state index in [0.29, 0.717) is 12.1 Å². The predicted octanol–water partition coefficient (Wildman–Crippen LogP) is 2.12. The fourth-order valence-electron chi connectivity index (χ4n) is 1.82. The van der Waals surface area contributed by atoms with Gasteiger partial charge in [-0.1, -0.05) is 18.2 Å². The Bertz CT molecular complexity index is 470. The molecule has 0 bridgehead atoms. The predicted molar refractivity (Wildman–Crippen MR) is 61.7 cm³/mol. The maximum atomic E-state index is 11.7. The maximum absolute atomic E-state index is 11.7. The van der Waals surface area contributed by atoms with Gasteiger partial charge in [-0.15, -0.1) is 0 Å². The molecular weight excluding hydrogens is 200 g/mol. The Morgan fingerprint density at radius 2 is 2.06 bits per heavy atom. The fourth-order valence-corrected chi connectivity index (χ4v) is 1.82. The van der Waals surface area contributed by atoms with Crippen molar-refractivity contribution in [3.8, 4) is 6.07 Å². The third kappa shape index (κ3) is 1.82. The fraction of sp³-hybridized carbons (Fsp3) is 0.231. The van der Waals surface area contributed by atoms with Gasteiger partial charge in [0.1, 0.15) is 0 Å². The SMILES string of the molecule is CN(C1=CC(C#N)CC1=O)c1ccccc1. The standard InChI is InChI=1S/C13H12N2O/c1-15(11-5-3-2-4-6-11)12-7-10(9-14)8-13(12)16/h2-7,10H,8H2,1H3. The minimum atomic E-state index is -0.270. The van der Waals surface area contributed by atoms with Crippen LogP contribution in [0.1, 0.15) is 6.42 Å².